The van der Waals surface area contributed by atoms with E-state index in [0.717, 1.165) is 57.2 Å². The third kappa shape index (κ3) is 3.68. The molecule has 36 heavy (non-hydrogen) atoms. The summed E-state index contributed by atoms with van der Waals surface area (Å²) in [6.07, 6.45) is 10.5. The number of rotatable bonds is 4. The maximum absolute atomic E-state index is 10.4. The van der Waals surface area contributed by atoms with Gasteiger partial charge in [-0.15, -0.1) is 0 Å². The number of anilines is 1. The van der Waals surface area contributed by atoms with Crippen molar-refractivity contribution in [3.63, 3.8) is 0 Å². The molecule has 1 aliphatic heterocycles. The van der Waals surface area contributed by atoms with E-state index in [1.54, 1.807) is 0 Å². The van der Waals surface area contributed by atoms with Crippen LogP contribution in [0.2, 0.25) is 0 Å². The molecule has 0 radical (unpaired) electrons. The number of aliphatic hydroxyl groups excluding tert-OH is 1. The number of hydrogen-bond donors (Lipinski definition) is 4. The molecule has 8 nitrogen and oxygen atoms in total. The van der Waals surface area contributed by atoms with Crippen LogP contribution in [0.4, 0.5) is 5.82 Å². The largest absolute Gasteiger partial charge is 0.392 e. The summed E-state index contributed by atoms with van der Waals surface area (Å²) >= 11 is 0. The van der Waals surface area contributed by atoms with Crippen molar-refractivity contribution < 1.29 is 5.11 Å². The van der Waals surface area contributed by atoms with E-state index in [2.05, 4.69) is 37.7 Å². The molecule has 2 atom stereocenters. The molecule has 1 saturated carbocycles. The van der Waals surface area contributed by atoms with Gasteiger partial charge in [-0.1, -0.05) is 24.6 Å². The van der Waals surface area contributed by atoms with Gasteiger partial charge in [0.2, 0.25) is 0 Å². The van der Waals surface area contributed by atoms with E-state index in [9.17, 15) is 5.11 Å². The summed E-state index contributed by atoms with van der Waals surface area (Å²) < 4.78 is 0. The van der Waals surface area contributed by atoms with Gasteiger partial charge < -0.3 is 20.7 Å². The van der Waals surface area contributed by atoms with Gasteiger partial charge in [0.25, 0.3) is 0 Å². The molecule has 2 fully saturated rings. The summed E-state index contributed by atoms with van der Waals surface area (Å²) in [6.45, 7) is 1.49. The second kappa shape index (κ2) is 8.80. The van der Waals surface area contributed by atoms with Gasteiger partial charge in [0.15, 0.2) is 5.82 Å². The Hall–Kier alpha value is -3.62. The quantitative estimate of drug-likeness (QED) is 0.300. The fraction of sp³-hybridized carbons (Fsp3) is 0.357. The average Bonchev–Trinajstić information content (AvgIpc) is 3.12. The first-order valence-corrected chi connectivity index (χ1v) is 12.9. The Balaban J connectivity index is 1.43. The molecule has 1 saturated heterocycles. The molecular weight excluding hydrogens is 450 g/mol. The molecule has 4 N–H and O–H groups in total. The van der Waals surface area contributed by atoms with Crippen molar-refractivity contribution in [3.05, 3.63) is 54.5 Å². The molecule has 5 heterocycles. The van der Waals surface area contributed by atoms with Crippen LogP contribution in [0.25, 0.3) is 44.2 Å². The molecule has 182 valence electrons. The number of aromatic nitrogens is 5. The third-order valence-electron chi connectivity index (χ3n) is 7.77. The lowest BCUT2D eigenvalue weighted by Gasteiger charge is -2.28. The highest BCUT2D eigenvalue weighted by atomic mass is 16.3. The van der Waals surface area contributed by atoms with Crippen molar-refractivity contribution in [2.75, 3.05) is 18.4 Å². The highest BCUT2D eigenvalue weighted by Crippen LogP contribution is 2.42. The number of nitrogens with one attached hydrogen (secondary N) is 3. The molecule has 2 aliphatic rings. The van der Waals surface area contributed by atoms with Gasteiger partial charge in [0.1, 0.15) is 11.5 Å². The third-order valence-corrected chi connectivity index (χ3v) is 7.77. The Morgan fingerprint density at radius 1 is 1.00 bits per heavy atom. The lowest BCUT2D eigenvalue weighted by Crippen LogP contribution is -2.26. The number of H-pyrrole nitrogens is 1. The van der Waals surface area contributed by atoms with E-state index in [0.29, 0.717) is 24.7 Å². The normalized spacial score (nSPS) is 21.0. The number of para-hydroxylation sites is 1. The fourth-order valence-electron chi connectivity index (χ4n) is 5.71. The molecule has 1 aliphatic carbocycles. The molecule has 0 amide bonds. The highest BCUT2D eigenvalue weighted by Gasteiger charge is 2.26. The van der Waals surface area contributed by atoms with Crippen LogP contribution in [-0.2, 0) is 0 Å². The highest BCUT2D eigenvalue weighted by molar-refractivity contribution is 6.12. The topological polar surface area (TPSA) is 112 Å². The minimum Gasteiger partial charge on any atom is -0.392 e. The summed E-state index contributed by atoms with van der Waals surface area (Å²) in [4.78, 5) is 22.8. The maximum Gasteiger partial charge on any atom is 0.163 e. The van der Waals surface area contributed by atoms with Crippen LogP contribution in [0.15, 0.2) is 48.9 Å². The van der Waals surface area contributed by atoms with Crippen molar-refractivity contribution in [1.29, 1.82) is 0 Å². The van der Waals surface area contributed by atoms with Gasteiger partial charge >= 0.3 is 0 Å². The Bertz CT molecular complexity index is 1580. The molecule has 4 aromatic heterocycles. The minimum absolute atomic E-state index is 0.119. The summed E-state index contributed by atoms with van der Waals surface area (Å²) in [5, 5.41) is 20.7. The van der Waals surface area contributed by atoms with Crippen LogP contribution < -0.4 is 10.6 Å². The van der Waals surface area contributed by atoms with Gasteiger partial charge in [0.05, 0.1) is 17.8 Å². The molecule has 7 rings (SSSR count). The second-order valence-corrected chi connectivity index (χ2v) is 10.1. The van der Waals surface area contributed by atoms with Crippen LogP contribution in [-0.4, -0.2) is 55.3 Å². The Morgan fingerprint density at radius 2 is 1.92 bits per heavy atom. The molecule has 0 unspecified atom stereocenters. The zero-order chi connectivity index (χ0) is 24.1. The number of hydrogen-bond acceptors (Lipinski definition) is 7. The van der Waals surface area contributed by atoms with Crippen LogP contribution in [0.5, 0.6) is 0 Å². The van der Waals surface area contributed by atoms with Gasteiger partial charge in [-0.2, -0.15) is 0 Å². The minimum atomic E-state index is -0.378. The van der Waals surface area contributed by atoms with Crippen LogP contribution in [0.3, 0.4) is 0 Å². The lowest BCUT2D eigenvalue weighted by atomic mass is 9.79. The van der Waals surface area contributed by atoms with Crippen molar-refractivity contribution >= 4 is 38.7 Å². The average molecular weight is 480 g/mol. The Labute approximate surface area is 208 Å². The number of fused-ring (bicyclic) bond motifs is 4. The van der Waals surface area contributed by atoms with Crippen LogP contribution in [0, 0.1) is 0 Å². The molecule has 1 aromatic carbocycles. The summed E-state index contributed by atoms with van der Waals surface area (Å²) in [5.41, 5.74) is 4.89. The standard InChI is InChI=1S/C28H29N7O/c36-18-12-17(8-10-29-13-18)32-28-25-21(16-4-3-5-16)14-30-15-23(25)34-26(35-28)20-9-11-31-27-24(20)19-6-1-2-7-22(19)33-27/h1-2,6-7,9,11,14-18,29,36H,3-5,8,10,12-13H2,(H,31,33)(H,32,34,35)/t17-,18-/m1/s1. The molecule has 0 bridgehead atoms. The van der Waals surface area contributed by atoms with Crippen LogP contribution >= 0.6 is 0 Å². The number of pyridine rings is 2. The first-order chi connectivity index (χ1) is 17.7. The van der Waals surface area contributed by atoms with Crippen molar-refractivity contribution in [3.8, 4) is 11.4 Å². The molecular formula is C28H29N7O. The second-order valence-electron chi connectivity index (χ2n) is 10.1. The predicted octanol–water partition coefficient (Wildman–Crippen LogP) is 4.51. The number of β-amino-alcohol motifs (C(OH)–C–C–N with tert-alkyl or cyclic N) is 1. The van der Waals surface area contributed by atoms with Gasteiger partial charge in [-0.05, 0) is 55.8 Å². The van der Waals surface area contributed by atoms with Crippen molar-refractivity contribution in [1.82, 2.24) is 30.2 Å². The van der Waals surface area contributed by atoms with E-state index in [1.807, 2.05) is 36.8 Å². The number of nitrogens with zero attached hydrogens (tertiary/aromatic N) is 4. The summed E-state index contributed by atoms with van der Waals surface area (Å²) in [5.74, 6) is 1.99. The van der Waals surface area contributed by atoms with Gasteiger partial charge in [-0.25, -0.2) is 15.0 Å². The first-order valence-electron chi connectivity index (χ1n) is 12.9. The molecule has 0 spiro atoms. The zero-order valence-corrected chi connectivity index (χ0v) is 20.0. The lowest BCUT2D eigenvalue weighted by molar-refractivity contribution is 0.165. The van der Waals surface area contributed by atoms with Crippen molar-refractivity contribution in [2.24, 2.45) is 0 Å². The number of benzene rings is 1. The Kier molecular flexibility index (Phi) is 5.29. The van der Waals surface area contributed by atoms with E-state index in [1.165, 1.54) is 24.8 Å². The van der Waals surface area contributed by atoms with Gasteiger partial charge in [-0.3, -0.25) is 4.98 Å². The summed E-state index contributed by atoms with van der Waals surface area (Å²) in [7, 11) is 0. The van der Waals surface area contributed by atoms with E-state index < -0.39 is 0 Å². The van der Waals surface area contributed by atoms with Crippen LogP contribution in [0.1, 0.15) is 43.6 Å². The predicted molar refractivity (Wildman–Crippen MR) is 142 cm³/mol. The van der Waals surface area contributed by atoms with E-state index in [-0.39, 0.29) is 12.1 Å². The van der Waals surface area contributed by atoms with Crippen molar-refractivity contribution in [2.45, 2.75) is 50.2 Å². The van der Waals surface area contributed by atoms with E-state index >= 15 is 0 Å². The summed E-state index contributed by atoms with van der Waals surface area (Å²) in [6, 6.07) is 10.4. The SMILES string of the molecule is O[C@H]1CNCC[C@@H](Nc2nc(-c3ccnc4[nH]c5ccccc5c34)nc3cncc(C4CCC4)c23)C1. The monoisotopic (exact) mass is 479 g/mol. The van der Waals surface area contributed by atoms with Gasteiger partial charge in [0, 0.05) is 52.2 Å². The fourth-order valence-corrected chi connectivity index (χ4v) is 5.71. The smallest absolute Gasteiger partial charge is 0.163 e. The number of aromatic amines is 1. The first kappa shape index (κ1) is 21.6. The Morgan fingerprint density at radius 3 is 2.81 bits per heavy atom. The zero-order valence-electron chi connectivity index (χ0n) is 20.0. The molecule has 5 aromatic rings. The number of aliphatic hydroxyl groups is 1. The van der Waals surface area contributed by atoms with E-state index in [4.69, 9.17) is 9.97 Å². The molecule has 8 heteroatoms. The maximum atomic E-state index is 10.4.